The summed E-state index contributed by atoms with van der Waals surface area (Å²) in [4.78, 5) is 4.11. The van der Waals surface area contributed by atoms with E-state index in [-0.39, 0.29) is 0 Å². The summed E-state index contributed by atoms with van der Waals surface area (Å²) in [5.41, 5.74) is 2.88. The second-order valence-electron chi connectivity index (χ2n) is 1.74. The first-order valence-corrected chi connectivity index (χ1v) is 3.55. The molecule has 0 aliphatic heterocycles. The minimum Gasteiger partial charge on any atom is -0.245 e. The van der Waals surface area contributed by atoms with Gasteiger partial charge in [-0.2, -0.15) is 0 Å². The Hall–Kier alpha value is -0.890. The van der Waals surface area contributed by atoms with Gasteiger partial charge in [0.05, 0.1) is 15.7 Å². The fourth-order valence-electron chi connectivity index (χ4n) is 0.745. The van der Waals surface area contributed by atoms with E-state index in [2.05, 4.69) is 11.1 Å². The molecule has 1 aromatic heterocycles. The number of benzene rings is 1. The van der Waals surface area contributed by atoms with Gasteiger partial charge in [0.25, 0.3) is 0 Å². The van der Waals surface area contributed by atoms with Crippen molar-refractivity contribution in [1.82, 2.24) is 4.98 Å². The summed E-state index contributed by atoms with van der Waals surface area (Å²) in [6.45, 7) is 0. The van der Waals surface area contributed by atoms with Crippen molar-refractivity contribution < 1.29 is 0 Å². The molecular weight excluding hydrogens is 130 g/mol. The average Bonchev–Trinajstić information content (AvgIpc) is 2.33. The van der Waals surface area contributed by atoms with Crippen LogP contribution in [-0.4, -0.2) is 4.98 Å². The Balaban J connectivity index is 2.95. The Morgan fingerprint density at radius 1 is 1.56 bits per heavy atom. The summed E-state index contributed by atoms with van der Waals surface area (Å²) in [5.74, 6) is 0. The lowest BCUT2D eigenvalue weighted by Crippen LogP contribution is -1.62. The lowest BCUT2D eigenvalue weighted by molar-refractivity contribution is 1.50. The van der Waals surface area contributed by atoms with Gasteiger partial charge in [-0.25, -0.2) is 4.98 Å². The van der Waals surface area contributed by atoms with Crippen LogP contribution < -0.4 is 0 Å². The highest BCUT2D eigenvalue weighted by Crippen LogP contribution is 2.14. The van der Waals surface area contributed by atoms with Gasteiger partial charge in [-0.15, -0.1) is 11.3 Å². The third-order valence-corrected chi connectivity index (χ3v) is 1.93. The Kier molecular flexibility index (Phi) is 0.993. The molecule has 0 aliphatic carbocycles. The van der Waals surface area contributed by atoms with Crippen molar-refractivity contribution in [2.75, 3.05) is 0 Å². The molecule has 0 aliphatic rings. The molecule has 0 saturated carbocycles. The van der Waals surface area contributed by atoms with E-state index in [0.29, 0.717) is 0 Å². The molecule has 2 aromatic rings. The van der Waals surface area contributed by atoms with Crippen LogP contribution in [-0.2, 0) is 0 Å². The molecule has 0 N–H and O–H groups in total. The molecule has 43 valence electrons. The van der Waals surface area contributed by atoms with E-state index in [9.17, 15) is 0 Å². The molecule has 0 amide bonds. The number of hydrogen-bond acceptors (Lipinski definition) is 2. The molecule has 1 aromatic carbocycles. The van der Waals surface area contributed by atoms with Gasteiger partial charge >= 0.3 is 0 Å². The van der Waals surface area contributed by atoms with Gasteiger partial charge in [0, 0.05) is 6.07 Å². The smallest absolute Gasteiger partial charge is 0.0818 e. The molecule has 0 atom stereocenters. The zero-order valence-corrected chi connectivity index (χ0v) is 5.48. The van der Waals surface area contributed by atoms with E-state index in [4.69, 9.17) is 0 Å². The minimum absolute atomic E-state index is 1.04. The quantitative estimate of drug-likeness (QED) is 0.537. The van der Waals surface area contributed by atoms with Crippen molar-refractivity contribution in [3.63, 3.8) is 0 Å². The van der Waals surface area contributed by atoms with Crippen LogP contribution >= 0.6 is 11.3 Å². The molecule has 0 bridgehead atoms. The molecule has 9 heavy (non-hydrogen) atoms. The summed E-state index contributed by atoms with van der Waals surface area (Å²) >= 11 is 1.62. The maximum absolute atomic E-state index is 4.11. The van der Waals surface area contributed by atoms with Crippen LogP contribution in [0.1, 0.15) is 0 Å². The van der Waals surface area contributed by atoms with E-state index in [1.807, 2.05) is 23.7 Å². The van der Waals surface area contributed by atoms with Crippen LogP contribution in [0, 0.1) is 6.07 Å². The minimum atomic E-state index is 1.04. The van der Waals surface area contributed by atoms with Gasteiger partial charge in [0.1, 0.15) is 0 Å². The zero-order valence-electron chi connectivity index (χ0n) is 4.66. The number of rotatable bonds is 0. The SMILES string of the molecule is [c]1cccc2ncsc12. The summed E-state index contributed by atoms with van der Waals surface area (Å²) in [7, 11) is 0. The lowest BCUT2D eigenvalue weighted by Gasteiger charge is -1.79. The second-order valence-corrected chi connectivity index (χ2v) is 2.59. The topological polar surface area (TPSA) is 12.9 Å². The first-order valence-electron chi connectivity index (χ1n) is 2.67. The monoisotopic (exact) mass is 134 g/mol. The maximum Gasteiger partial charge on any atom is 0.0818 e. The van der Waals surface area contributed by atoms with Crippen molar-refractivity contribution in [3.05, 3.63) is 29.8 Å². The van der Waals surface area contributed by atoms with Crippen LogP contribution in [0.15, 0.2) is 23.7 Å². The molecule has 1 radical (unpaired) electrons. The summed E-state index contributed by atoms with van der Waals surface area (Å²) in [5, 5.41) is 0. The molecule has 0 fully saturated rings. The van der Waals surface area contributed by atoms with E-state index < -0.39 is 0 Å². The van der Waals surface area contributed by atoms with Crippen molar-refractivity contribution in [1.29, 1.82) is 0 Å². The fraction of sp³-hybridized carbons (Fsp3) is 0. The molecular formula is C7H4NS. The first kappa shape index (κ1) is 4.94. The molecule has 2 heteroatoms. The van der Waals surface area contributed by atoms with Gasteiger partial charge in [-0.05, 0) is 6.07 Å². The summed E-state index contributed by atoms with van der Waals surface area (Å²) in [6, 6.07) is 8.93. The van der Waals surface area contributed by atoms with Crippen LogP contribution in [0.3, 0.4) is 0 Å². The highest BCUT2D eigenvalue weighted by molar-refractivity contribution is 7.16. The molecule has 0 unspecified atom stereocenters. The largest absolute Gasteiger partial charge is 0.245 e. The second kappa shape index (κ2) is 1.81. The number of hydrogen-bond donors (Lipinski definition) is 0. The standard InChI is InChI=1S/C7H4NS/c1-2-4-7-6(3-1)8-5-9-7/h1-3,5H. The van der Waals surface area contributed by atoms with Gasteiger partial charge in [-0.3, -0.25) is 0 Å². The molecule has 0 saturated heterocycles. The van der Waals surface area contributed by atoms with Crippen molar-refractivity contribution in [2.45, 2.75) is 0 Å². The normalized spacial score (nSPS) is 10.2. The van der Waals surface area contributed by atoms with Crippen molar-refractivity contribution >= 4 is 21.6 Å². The highest BCUT2D eigenvalue weighted by atomic mass is 32.1. The Bertz CT molecular complexity index is 283. The van der Waals surface area contributed by atoms with Gasteiger partial charge < -0.3 is 0 Å². The van der Waals surface area contributed by atoms with E-state index in [1.165, 1.54) is 0 Å². The van der Waals surface area contributed by atoms with Gasteiger partial charge in [-0.1, -0.05) is 12.1 Å². The molecule has 0 spiro atoms. The first-order chi connectivity index (χ1) is 4.47. The van der Waals surface area contributed by atoms with Gasteiger partial charge in [0.15, 0.2) is 0 Å². The predicted molar refractivity (Wildman–Crippen MR) is 38.5 cm³/mol. The number of thiazole rings is 1. The van der Waals surface area contributed by atoms with E-state index in [0.717, 1.165) is 10.2 Å². The van der Waals surface area contributed by atoms with E-state index in [1.54, 1.807) is 11.3 Å². The number of fused-ring (bicyclic) bond motifs is 1. The Morgan fingerprint density at radius 3 is 3.44 bits per heavy atom. The fourth-order valence-corrected chi connectivity index (χ4v) is 1.39. The summed E-state index contributed by atoms with van der Waals surface area (Å²) in [6.07, 6.45) is 0. The lowest BCUT2D eigenvalue weighted by atomic mass is 10.3. The zero-order chi connectivity index (χ0) is 6.10. The van der Waals surface area contributed by atoms with E-state index >= 15 is 0 Å². The Labute approximate surface area is 57.0 Å². The predicted octanol–water partition coefficient (Wildman–Crippen LogP) is 2.10. The third-order valence-electron chi connectivity index (χ3n) is 1.16. The summed E-state index contributed by atoms with van der Waals surface area (Å²) < 4.78 is 1.14. The van der Waals surface area contributed by atoms with Crippen molar-refractivity contribution in [3.8, 4) is 0 Å². The maximum atomic E-state index is 4.11. The van der Waals surface area contributed by atoms with Crippen LogP contribution in [0.25, 0.3) is 10.2 Å². The molecule has 1 heterocycles. The number of nitrogens with zero attached hydrogens (tertiary/aromatic N) is 1. The molecule has 1 nitrogen and oxygen atoms in total. The van der Waals surface area contributed by atoms with Crippen molar-refractivity contribution in [2.24, 2.45) is 0 Å². The van der Waals surface area contributed by atoms with Crippen LogP contribution in [0.2, 0.25) is 0 Å². The third kappa shape index (κ3) is 0.715. The molecule has 2 rings (SSSR count). The van der Waals surface area contributed by atoms with Crippen LogP contribution in [0.4, 0.5) is 0 Å². The van der Waals surface area contributed by atoms with Crippen LogP contribution in [0.5, 0.6) is 0 Å². The Morgan fingerprint density at radius 2 is 2.56 bits per heavy atom. The van der Waals surface area contributed by atoms with Gasteiger partial charge in [0.2, 0.25) is 0 Å². The number of aromatic nitrogens is 1. The average molecular weight is 134 g/mol. The highest BCUT2D eigenvalue weighted by Gasteiger charge is 1.90.